The fourth-order valence-electron chi connectivity index (χ4n) is 16.0. The van der Waals surface area contributed by atoms with Gasteiger partial charge >= 0.3 is 18.2 Å². The Labute approximate surface area is 714 Å². The van der Waals surface area contributed by atoms with Crippen molar-refractivity contribution in [1.82, 2.24) is 45.5 Å². The van der Waals surface area contributed by atoms with E-state index in [9.17, 15) is 76.3 Å². The molecule has 32 nitrogen and oxygen atoms in total. The fraction of sp³-hybridized carbons (Fsp3) is 0.678. The molecule has 1 aliphatic carbocycles. The lowest BCUT2D eigenvalue weighted by Crippen LogP contribution is -2.54. The van der Waals surface area contributed by atoms with Gasteiger partial charge in [0.05, 0.1) is 80.6 Å². The van der Waals surface area contributed by atoms with Crippen LogP contribution in [0.1, 0.15) is 206 Å². The number of hydrogen-bond donors (Lipinski definition) is 4. The van der Waals surface area contributed by atoms with Gasteiger partial charge < -0.3 is 64.9 Å². The number of carbonyl (C=O) groups is 16. The molecule has 1 saturated carbocycles. The van der Waals surface area contributed by atoms with Crippen molar-refractivity contribution < 1.29 is 110 Å². The Morgan fingerprint density at radius 1 is 0.727 bits per heavy atom. The Kier molecular flexibility index (Phi) is 39.8. The van der Waals surface area contributed by atoms with Crippen molar-refractivity contribution in [3.05, 3.63) is 65.0 Å². The van der Waals surface area contributed by atoms with Gasteiger partial charge in [-0.3, -0.25) is 72.1 Å². The van der Waals surface area contributed by atoms with Gasteiger partial charge in [-0.25, -0.2) is 18.8 Å². The molecule has 4 aliphatic rings. The van der Waals surface area contributed by atoms with Crippen LogP contribution in [-0.2, 0) is 99.1 Å². The Balaban J connectivity index is 1.00. The van der Waals surface area contributed by atoms with Crippen LogP contribution in [0, 0.1) is 52.7 Å². The van der Waals surface area contributed by atoms with Crippen LogP contribution in [0.4, 0.5) is 14.0 Å². The van der Waals surface area contributed by atoms with Crippen LogP contribution in [0.5, 0.6) is 5.75 Å². The summed E-state index contributed by atoms with van der Waals surface area (Å²) < 4.78 is 43.3. The minimum Gasteiger partial charge on any atom is -0.494 e. The number of rotatable bonds is 53. The van der Waals surface area contributed by atoms with E-state index >= 15 is 4.79 Å². The molecule has 4 fully saturated rings. The van der Waals surface area contributed by atoms with Crippen LogP contribution < -0.4 is 26.4 Å². The number of amides is 11. The lowest BCUT2D eigenvalue weighted by Gasteiger charge is -2.41. The molecule has 121 heavy (non-hydrogen) atoms. The van der Waals surface area contributed by atoms with E-state index in [0.717, 1.165) is 6.07 Å². The molecular weight excluding hydrogens is 1590 g/mol. The summed E-state index contributed by atoms with van der Waals surface area (Å²) in [7, 11) is 10.9. The number of carbonyl (C=O) groups excluding carboxylic acids is 16. The van der Waals surface area contributed by atoms with E-state index in [0.29, 0.717) is 73.3 Å². The predicted octanol–water partition coefficient (Wildman–Crippen LogP) is 7.92. The van der Waals surface area contributed by atoms with Crippen molar-refractivity contribution in [2.24, 2.45) is 52.6 Å². The number of Topliss-reactive ketones (excluding diaryl/α,β-unsaturated/α-hetero) is 4. The number of imide groups is 2. The molecule has 3 aliphatic heterocycles. The van der Waals surface area contributed by atoms with E-state index < -0.39 is 143 Å². The third kappa shape index (κ3) is 29.8. The maximum Gasteiger partial charge on any atom is 0.409 e. The molecular formula is C87H129FN10O22S. The number of hydroxylamine groups is 2. The number of likely N-dealkylation sites (tertiary alicyclic amines) is 2. The molecule has 6 rings (SSSR count). The first-order valence-corrected chi connectivity index (χ1v) is 43.2. The average molecular weight is 1720 g/mol. The highest BCUT2D eigenvalue weighted by molar-refractivity contribution is 8.00. The number of alkyl carbamates (subject to hydrolysis) is 1. The van der Waals surface area contributed by atoms with Gasteiger partial charge in [0.1, 0.15) is 18.5 Å². The minimum atomic E-state index is -1.06. The number of methoxy groups -OCH3 is 3. The number of nitrogens with zero attached hydrogens (tertiary/aromatic N) is 6. The first-order valence-electron chi connectivity index (χ1n) is 42.2. The average Bonchev–Trinajstić information content (AvgIpc) is 1.65. The number of ketones is 4. The molecule has 0 aromatic heterocycles. The summed E-state index contributed by atoms with van der Waals surface area (Å²) in [6.07, 6.45) is -0.554. The van der Waals surface area contributed by atoms with Gasteiger partial charge in [0.15, 0.2) is 28.9 Å². The molecule has 0 radical (unpaired) electrons. The van der Waals surface area contributed by atoms with E-state index in [4.69, 9.17) is 34.3 Å². The van der Waals surface area contributed by atoms with Crippen molar-refractivity contribution in [3.8, 4) is 5.75 Å². The molecule has 3 heterocycles. The molecule has 2 aromatic rings. The molecule has 11 amide bonds. The molecule has 2 aromatic carbocycles. The van der Waals surface area contributed by atoms with Crippen LogP contribution in [0.2, 0.25) is 0 Å². The van der Waals surface area contributed by atoms with E-state index in [-0.39, 0.29) is 180 Å². The number of ether oxygens (including phenoxy) is 5. The number of nitrogens with two attached hydrogens (primary N) is 1. The van der Waals surface area contributed by atoms with Crippen LogP contribution in [-0.4, -0.2) is 260 Å². The van der Waals surface area contributed by atoms with Crippen molar-refractivity contribution >= 4 is 106 Å². The maximum atomic E-state index is 15.1. The number of unbranched alkanes of at least 4 members (excludes halogenated alkanes) is 3. The van der Waals surface area contributed by atoms with Crippen LogP contribution in [0.25, 0.3) is 0 Å². The summed E-state index contributed by atoms with van der Waals surface area (Å²) >= 11 is 1.31. The van der Waals surface area contributed by atoms with Crippen LogP contribution >= 0.6 is 11.8 Å². The van der Waals surface area contributed by atoms with Gasteiger partial charge in [-0.2, -0.15) is 0 Å². The summed E-state index contributed by atoms with van der Waals surface area (Å²) in [4.78, 5) is 226. The van der Waals surface area contributed by atoms with E-state index in [1.165, 1.54) is 67.0 Å². The number of halogens is 1. The van der Waals surface area contributed by atoms with Gasteiger partial charge in [-0.05, 0) is 111 Å². The van der Waals surface area contributed by atoms with E-state index in [2.05, 4.69) is 16.0 Å². The standard InChI is InChI=1S/C87H129FN10O22S/c1-17-54(8)79(95(13)83(111)62(52(4)5)43-67(101)78(53(6)7)93(10)11)70(116-15)44-75(106)97-48-60(42-65(97)80(117-16)55(9)81(109)91-47-68(102)58-30-31-69(115-14)63(88)40-58)119-85(113)90-36-38-94(12)86(114)118-49-57-28-26-56(27-29-57)39-66(100)64(24-20-21-25-72(89)103)92-82(110)61(51(2)3)41-59(99)23-19-18-22-37-96-76(107)45-71(84(96)112)121-50-87(34-35-87)46-77(108)120-98-73(104)32-33-74(98)105/h26-31,40,51-55,60-62,64-65,70-71,78-80H,17-25,32-39,41-50H2,1-16H3,(H2,89,103)(H,90,113)(H,91,109)(H,92,110)/t54-,55+,60-,61-,62-,64-,65-,70+,71?,78-,79-,80+/m0/s1. The van der Waals surface area contributed by atoms with Gasteiger partial charge in [0.25, 0.3) is 11.8 Å². The van der Waals surface area contributed by atoms with Crippen LogP contribution in [0.3, 0.4) is 0 Å². The fourth-order valence-corrected chi connectivity index (χ4v) is 17.5. The smallest absolute Gasteiger partial charge is 0.409 e. The SMILES string of the molecule is CC[C@H](C)[C@@H]([C@@H](CC(=O)N1C[C@@H](OC(=O)NCCN(C)C(=O)OCc2ccc(CC(=O)[C@H](CCCCC(N)=O)NC(=O)[C@@H](CC(=O)CCCCCN3C(=O)CC(SCC4(CC(=O)ON5C(=O)CCC5=O)CC4)C3=O)C(C)C)cc2)C[C@H]1[C@H](OC)[C@@H](C)C(=O)NCC(=O)c1ccc(OC)c(F)c1)OC)N(C)C(=O)[C@@H](CC(=O)[C@H](C(C)C)N(C)C)C(C)C. The van der Waals surface area contributed by atoms with Gasteiger partial charge in [-0.1, -0.05) is 106 Å². The molecule has 672 valence electrons. The molecule has 5 N–H and O–H groups in total. The highest BCUT2D eigenvalue weighted by Gasteiger charge is 2.50. The number of thioether (sulfide) groups is 1. The highest BCUT2D eigenvalue weighted by Crippen LogP contribution is 2.52. The summed E-state index contributed by atoms with van der Waals surface area (Å²) in [6, 6.07) is 7.40. The highest BCUT2D eigenvalue weighted by atomic mass is 32.2. The second kappa shape index (κ2) is 48.0. The van der Waals surface area contributed by atoms with Crippen LogP contribution in [0.15, 0.2) is 42.5 Å². The third-order valence-corrected chi connectivity index (χ3v) is 25.1. The monoisotopic (exact) mass is 1720 g/mol. The summed E-state index contributed by atoms with van der Waals surface area (Å²) in [6.45, 7) is 15.9. The Morgan fingerprint density at radius 2 is 1.38 bits per heavy atom. The first kappa shape index (κ1) is 101. The van der Waals surface area contributed by atoms with Crippen molar-refractivity contribution in [2.45, 2.75) is 245 Å². The summed E-state index contributed by atoms with van der Waals surface area (Å²) in [5.74, 6) is -9.67. The van der Waals surface area contributed by atoms with Gasteiger partial charge in [0.2, 0.25) is 41.4 Å². The van der Waals surface area contributed by atoms with Gasteiger partial charge in [-0.15, -0.1) is 16.8 Å². The normalized spacial score (nSPS) is 18.6. The molecule has 1 unspecified atom stereocenters. The summed E-state index contributed by atoms with van der Waals surface area (Å²) in [5.41, 5.74) is 6.10. The number of nitrogens with one attached hydrogen (secondary N) is 3. The molecule has 0 spiro atoms. The molecule has 3 saturated heterocycles. The van der Waals surface area contributed by atoms with E-state index in [1.807, 2.05) is 74.4 Å². The number of likely N-dealkylation sites (N-methyl/N-ethyl adjacent to an activating group) is 3. The number of hydrogen-bond acceptors (Lipinski definition) is 24. The lowest BCUT2D eigenvalue weighted by atomic mass is 9.83. The van der Waals surface area contributed by atoms with E-state index in [1.54, 1.807) is 43.1 Å². The topological polar surface area (TPSA) is 410 Å². The first-order chi connectivity index (χ1) is 57.2. The quantitative estimate of drug-likeness (QED) is 0.0277. The maximum absolute atomic E-state index is 15.1. The second-order valence-electron chi connectivity index (χ2n) is 34.0. The van der Waals surface area contributed by atoms with Crippen molar-refractivity contribution in [1.29, 1.82) is 0 Å². The minimum absolute atomic E-state index is 0.00418. The zero-order chi connectivity index (χ0) is 89.9. The zero-order valence-electron chi connectivity index (χ0n) is 73.3. The van der Waals surface area contributed by atoms with Crippen molar-refractivity contribution in [2.75, 3.05) is 88.0 Å². The number of benzene rings is 2. The Morgan fingerprint density at radius 3 is 1.97 bits per heavy atom. The van der Waals surface area contributed by atoms with Crippen molar-refractivity contribution in [3.63, 3.8) is 0 Å². The molecule has 12 atom stereocenters. The lowest BCUT2D eigenvalue weighted by molar-refractivity contribution is -0.198. The Hall–Kier alpha value is -9.28. The second-order valence-corrected chi connectivity index (χ2v) is 35.2. The Bertz CT molecular complexity index is 3950. The van der Waals surface area contributed by atoms with Gasteiger partial charge in [0, 0.05) is 129 Å². The largest absolute Gasteiger partial charge is 0.494 e. The number of primary amides is 1. The molecule has 0 bridgehead atoms. The zero-order valence-corrected chi connectivity index (χ0v) is 74.1. The molecule has 34 heteroatoms. The predicted molar refractivity (Wildman–Crippen MR) is 445 cm³/mol. The third-order valence-electron chi connectivity index (χ3n) is 23.6. The summed E-state index contributed by atoms with van der Waals surface area (Å²) in [5, 5.41) is 8.06.